The molecule has 0 aliphatic heterocycles. The molecule has 0 radical (unpaired) electrons. The highest BCUT2D eigenvalue weighted by molar-refractivity contribution is 5.44. The van der Waals surface area contributed by atoms with E-state index in [0.717, 1.165) is 11.3 Å². The lowest BCUT2D eigenvalue weighted by Crippen LogP contribution is -2.04. The van der Waals surface area contributed by atoms with Gasteiger partial charge in [0.2, 0.25) is 0 Å². The van der Waals surface area contributed by atoms with E-state index in [1.165, 1.54) is 6.07 Å². The second-order valence-electron chi connectivity index (χ2n) is 3.99. The summed E-state index contributed by atoms with van der Waals surface area (Å²) in [6.45, 7) is 0. The zero-order chi connectivity index (χ0) is 13.8. The second kappa shape index (κ2) is 5.43. The van der Waals surface area contributed by atoms with Crippen LogP contribution in [0.2, 0.25) is 0 Å². The van der Waals surface area contributed by atoms with Gasteiger partial charge in [-0.15, -0.1) is 0 Å². The van der Waals surface area contributed by atoms with Gasteiger partial charge in [-0.25, -0.2) is 9.97 Å². The first-order chi connectivity index (χ1) is 9.12. The number of methoxy groups -OCH3 is 2. The molecule has 2 aromatic rings. The molecule has 0 bridgehead atoms. The van der Waals surface area contributed by atoms with Crippen molar-refractivity contribution in [1.29, 1.82) is 0 Å². The largest absolute Gasteiger partial charge is 0.497 e. The van der Waals surface area contributed by atoms with Crippen LogP contribution in [0.5, 0.6) is 11.5 Å². The van der Waals surface area contributed by atoms with Crippen LogP contribution in [0.1, 0.15) is 11.4 Å². The summed E-state index contributed by atoms with van der Waals surface area (Å²) >= 11 is 0. The molecule has 0 amide bonds. The zero-order valence-electron chi connectivity index (χ0n) is 10.9. The van der Waals surface area contributed by atoms with Gasteiger partial charge < -0.3 is 20.9 Å². The quantitative estimate of drug-likeness (QED) is 0.858. The van der Waals surface area contributed by atoms with Gasteiger partial charge in [0.05, 0.1) is 14.2 Å². The van der Waals surface area contributed by atoms with Crippen LogP contribution >= 0.6 is 0 Å². The van der Waals surface area contributed by atoms with E-state index in [1.807, 2.05) is 18.2 Å². The van der Waals surface area contributed by atoms with Gasteiger partial charge in [0.15, 0.2) is 0 Å². The van der Waals surface area contributed by atoms with Gasteiger partial charge in [0.1, 0.15) is 29.0 Å². The number of ether oxygens (including phenoxy) is 2. The van der Waals surface area contributed by atoms with Crippen LogP contribution in [0.3, 0.4) is 0 Å². The summed E-state index contributed by atoms with van der Waals surface area (Å²) in [6, 6.07) is 7.09. The number of benzene rings is 1. The van der Waals surface area contributed by atoms with Crippen molar-refractivity contribution in [2.45, 2.75) is 6.42 Å². The Morgan fingerprint density at radius 3 is 2.26 bits per heavy atom. The normalized spacial score (nSPS) is 10.2. The van der Waals surface area contributed by atoms with Crippen LogP contribution in [0, 0.1) is 0 Å². The zero-order valence-corrected chi connectivity index (χ0v) is 10.9. The summed E-state index contributed by atoms with van der Waals surface area (Å²) in [5.74, 6) is 2.71. The van der Waals surface area contributed by atoms with E-state index < -0.39 is 0 Å². The van der Waals surface area contributed by atoms with E-state index in [2.05, 4.69) is 9.97 Å². The standard InChI is InChI=1S/C13H16N4O2/c1-18-9-4-3-8(10(6-9)19-2)5-13-16-11(14)7-12(15)17-13/h3-4,6-7H,5H2,1-2H3,(H4,14,15,16,17). The number of hydrogen-bond acceptors (Lipinski definition) is 6. The Bertz CT molecular complexity index is 567. The predicted octanol–water partition coefficient (Wildman–Crippen LogP) is 1.25. The summed E-state index contributed by atoms with van der Waals surface area (Å²) in [7, 11) is 3.21. The molecule has 0 saturated carbocycles. The second-order valence-corrected chi connectivity index (χ2v) is 3.99. The topological polar surface area (TPSA) is 96.3 Å². The van der Waals surface area contributed by atoms with Crippen molar-refractivity contribution in [3.05, 3.63) is 35.7 Å². The van der Waals surface area contributed by atoms with E-state index in [9.17, 15) is 0 Å². The Balaban J connectivity index is 2.32. The molecule has 0 fully saturated rings. The van der Waals surface area contributed by atoms with Crippen molar-refractivity contribution in [1.82, 2.24) is 9.97 Å². The van der Waals surface area contributed by atoms with Crippen LogP contribution in [-0.2, 0) is 6.42 Å². The molecule has 0 aliphatic rings. The Kier molecular flexibility index (Phi) is 3.70. The smallest absolute Gasteiger partial charge is 0.137 e. The number of aromatic nitrogens is 2. The van der Waals surface area contributed by atoms with E-state index in [-0.39, 0.29) is 0 Å². The molecule has 1 heterocycles. The molecule has 0 unspecified atom stereocenters. The lowest BCUT2D eigenvalue weighted by atomic mass is 10.1. The number of hydrogen-bond donors (Lipinski definition) is 2. The molecule has 6 nitrogen and oxygen atoms in total. The van der Waals surface area contributed by atoms with E-state index in [0.29, 0.717) is 29.6 Å². The lowest BCUT2D eigenvalue weighted by Gasteiger charge is -2.10. The molecular formula is C13H16N4O2. The van der Waals surface area contributed by atoms with Crippen LogP contribution in [-0.4, -0.2) is 24.2 Å². The van der Waals surface area contributed by atoms with E-state index >= 15 is 0 Å². The SMILES string of the molecule is COc1ccc(Cc2nc(N)cc(N)n2)c(OC)c1. The average Bonchev–Trinajstić information content (AvgIpc) is 2.38. The van der Waals surface area contributed by atoms with Gasteiger partial charge in [0, 0.05) is 24.1 Å². The van der Waals surface area contributed by atoms with Crippen molar-refractivity contribution in [2.75, 3.05) is 25.7 Å². The first kappa shape index (κ1) is 12.9. The number of nitrogen functional groups attached to an aromatic ring is 2. The summed E-state index contributed by atoms with van der Waals surface area (Å²) < 4.78 is 10.5. The Morgan fingerprint density at radius 2 is 1.68 bits per heavy atom. The van der Waals surface area contributed by atoms with Crippen molar-refractivity contribution in [3.8, 4) is 11.5 Å². The summed E-state index contributed by atoms with van der Waals surface area (Å²) in [4.78, 5) is 8.29. The molecule has 6 heteroatoms. The highest BCUT2D eigenvalue weighted by Gasteiger charge is 2.09. The third-order valence-corrected chi connectivity index (χ3v) is 2.65. The maximum absolute atomic E-state index is 5.65. The molecule has 0 saturated heterocycles. The van der Waals surface area contributed by atoms with Crippen molar-refractivity contribution >= 4 is 11.6 Å². The maximum Gasteiger partial charge on any atom is 0.137 e. The number of nitrogens with zero attached hydrogens (tertiary/aromatic N) is 2. The van der Waals surface area contributed by atoms with Crippen molar-refractivity contribution in [3.63, 3.8) is 0 Å². The molecule has 4 N–H and O–H groups in total. The molecule has 1 aromatic carbocycles. The fourth-order valence-corrected chi connectivity index (χ4v) is 1.79. The molecule has 100 valence electrons. The van der Waals surface area contributed by atoms with Gasteiger partial charge in [-0.1, -0.05) is 6.07 Å². The summed E-state index contributed by atoms with van der Waals surface area (Å²) in [5.41, 5.74) is 12.2. The Labute approximate surface area is 111 Å². The van der Waals surface area contributed by atoms with Gasteiger partial charge in [0.25, 0.3) is 0 Å². The minimum Gasteiger partial charge on any atom is -0.497 e. The number of rotatable bonds is 4. The highest BCUT2D eigenvalue weighted by atomic mass is 16.5. The molecule has 0 spiro atoms. The van der Waals surface area contributed by atoms with Gasteiger partial charge >= 0.3 is 0 Å². The third kappa shape index (κ3) is 3.04. The molecule has 0 atom stereocenters. The fraction of sp³-hybridized carbons (Fsp3) is 0.231. The van der Waals surface area contributed by atoms with Crippen LogP contribution in [0.4, 0.5) is 11.6 Å². The monoisotopic (exact) mass is 260 g/mol. The lowest BCUT2D eigenvalue weighted by molar-refractivity contribution is 0.391. The predicted molar refractivity (Wildman–Crippen MR) is 73.2 cm³/mol. The number of nitrogens with two attached hydrogens (primary N) is 2. The van der Waals surface area contributed by atoms with Crippen molar-refractivity contribution in [2.24, 2.45) is 0 Å². The van der Waals surface area contributed by atoms with Crippen LogP contribution in [0.25, 0.3) is 0 Å². The Morgan fingerprint density at radius 1 is 1.00 bits per heavy atom. The molecule has 19 heavy (non-hydrogen) atoms. The third-order valence-electron chi connectivity index (χ3n) is 2.65. The molecular weight excluding hydrogens is 244 g/mol. The highest BCUT2D eigenvalue weighted by Crippen LogP contribution is 2.26. The van der Waals surface area contributed by atoms with Gasteiger partial charge in [-0.3, -0.25) is 0 Å². The van der Waals surface area contributed by atoms with E-state index in [1.54, 1.807) is 14.2 Å². The first-order valence-corrected chi connectivity index (χ1v) is 5.72. The van der Waals surface area contributed by atoms with Crippen LogP contribution < -0.4 is 20.9 Å². The van der Waals surface area contributed by atoms with Gasteiger partial charge in [-0.05, 0) is 6.07 Å². The Hall–Kier alpha value is -2.50. The number of anilines is 2. The molecule has 0 aliphatic carbocycles. The first-order valence-electron chi connectivity index (χ1n) is 5.72. The van der Waals surface area contributed by atoms with E-state index in [4.69, 9.17) is 20.9 Å². The summed E-state index contributed by atoms with van der Waals surface area (Å²) in [5, 5.41) is 0. The van der Waals surface area contributed by atoms with Crippen molar-refractivity contribution < 1.29 is 9.47 Å². The molecule has 2 rings (SSSR count). The average molecular weight is 260 g/mol. The summed E-state index contributed by atoms with van der Waals surface area (Å²) in [6.07, 6.45) is 0.488. The minimum atomic E-state index is 0.356. The minimum absolute atomic E-state index is 0.356. The maximum atomic E-state index is 5.65. The molecule has 1 aromatic heterocycles. The fourth-order valence-electron chi connectivity index (χ4n) is 1.79. The van der Waals surface area contributed by atoms with Crippen LogP contribution in [0.15, 0.2) is 24.3 Å². The van der Waals surface area contributed by atoms with Gasteiger partial charge in [-0.2, -0.15) is 0 Å².